The first-order valence-electron chi connectivity index (χ1n) is 6.89. The molecule has 0 aliphatic carbocycles. The predicted molar refractivity (Wildman–Crippen MR) is 83.5 cm³/mol. The number of hydrogen-bond acceptors (Lipinski definition) is 5. The van der Waals surface area contributed by atoms with Gasteiger partial charge in [0.05, 0.1) is 18.4 Å². The molecular weight excluding hydrogens is 294 g/mol. The van der Waals surface area contributed by atoms with Gasteiger partial charge in [-0.1, -0.05) is 41.6 Å². The van der Waals surface area contributed by atoms with Crippen LogP contribution in [0, 0.1) is 0 Å². The van der Waals surface area contributed by atoms with Crippen LogP contribution >= 0.6 is 0 Å². The van der Waals surface area contributed by atoms with Gasteiger partial charge in [-0.25, -0.2) is 9.48 Å². The van der Waals surface area contributed by atoms with E-state index in [1.165, 1.54) is 11.8 Å². The SMILES string of the molecule is COC(=O)c1cccc(-n2nnc(C=O)c2-c2ccccc2)c1. The minimum absolute atomic E-state index is 0.236. The molecule has 114 valence electrons. The molecule has 0 N–H and O–H groups in total. The van der Waals surface area contributed by atoms with Gasteiger partial charge in [-0.15, -0.1) is 5.10 Å². The molecule has 23 heavy (non-hydrogen) atoms. The number of nitrogens with zero attached hydrogens (tertiary/aromatic N) is 3. The van der Waals surface area contributed by atoms with E-state index < -0.39 is 5.97 Å². The minimum atomic E-state index is -0.441. The van der Waals surface area contributed by atoms with Crippen LogP contribution in [-0.4, -0.2) is 34.4 Å². The number of ether oxygens (including phenoxy) is 1. The Morgan fingerprint density at radius 3 is 2.61 bits per heavy atom. The number of esters is 1. The number of carbonyl (C=O) groups excluding carboxylic acids is 2. The molecule has 3 aromatic rings. The second-order valence-electron chi connectivity index (χ2n) is 4.76. The first kappa shape index (κ1) is 14.6. The summed E-state index contributed by atoms with van der Waals surface area (Å²) in [5.74, 6) is -0.441. The summed E-state index contributed by atoms with van der Waals surface area (Å²) in [6.07, 6.45) is 0.663. The van der Waals surface area contributed by atoms with Crippen molar-refractivity contribution in [2.75, 3.05) is 7.11 Å². The first-order chi connectivity index (χ1) is 11.2. The molecule has 0 saturated heterocycles. The Bertz CT molecular complexity index is 857. The Hall–Kier alpha value is -3.28. The number of hydrogen-bond donors (Lipinski definition) is 0. The van der Waals surface area contributed by atoms with Crippen molar-refractivity contribution < 1.29 is 14.3 Å². The third kappa shape index (κ3) is 2.74. The van der Waals surface area contributed by atoms with Crippen molar-refractivity contribution in [3.63, 3.8) is 0 Å². The standard InChI is InChI=1S/C17H13N3O3/c1-23-17(22)13-8-5-9-14(10-13)20-16(15(11-21)18-19-20)12-6-3-2-4-7-12/h2-11H,1H3. The van der Waals surface area contributed by atoms with Gasteiger partial charge in [-0.05, 0) is 18.2 Å². The van der Waals surface area contributed by atoms with Crippen LogP contribution in [0.15, 0.2) is 54.6 Å². The van der Waals surface area contributed by atoms with E-state index in [4.69, 9.17) is 4.74 Å². The molecule has 1 aromatic heterocycles. The lowest BCUT2D eigenvalue weighted by molar-refractivity contribution is 0.0600. The largest absolute Gasteiger partial charge is 0.465 e. The van der Waals surface area contributed by atoms with Gasteiger partial charge in [0.1, 0.15) is 5.69 Å². The number of benzene rings is 2. The van der Waals surface area contributed by atoms with Crippen LogP contribution in [0.4, 0.5) is 0 Å². The summed E-state index contributed by atoms with van der Waals surface area (Å²) in [7, 11) is 1.32. The average molecular weight is 307 g/mol. The van der Waals surface area contributed by atoms with Gasteiger partial charge in [0.2, 0.25) is 0 Å². The van der Waals surface area contributed by atoms with E-state index in [0.29, 0.717) is 23.2 Å². The fraction of sp³-hybridized carbons (Fsp3) is 0.0588. The van der Waals surface area contributed by atoms with Crippen LogP contribution < -0.4 is 0 Å². The minimum Gasteiger partial charge on any atom is -0.465 e. The van der Waals surface area contributed by atoms with E-state index in [0.717, 1.165) is 5.56 Å². The van der Waals surface area contributed by atoms with Crippen LogP contribution in [0.5, 0.6) is 0 Å². The van der Waals surface area contributed by atoms with Crippen LogP contribution in [0.2, 0.25) is 0 Å². The van der Waals surface area contributed by atoms with E-state index in [-0.39, 0.29) is 5.69 Å². The molecule has 3 rings (SSSR count). The Balaban J connectivity index is 2.16. The highest BCUT2D eigenvalue weighted by Crippen LogP contribution is 2.24. The number of aromatic nitrogens is 3. The van der Waals surface area contributed by atoms with Gasteiger partial charge >= 0.3 is 5.97 Å². The Kier molecular flexibility index (Phi) is 3.97. The number of carbonyl (C=O) groups is 2. The summed E-state index contributed by atoms with van der Waals surface area (Å²) in [5.41, 5.74) is 2.63. The van der Waals surface area contributed by atoms with Crippen LogP contribution in [-0.2, 0) is 4.74 Å². The third-order valence-corrected chi connectivity index (χ3v) is 3.37. The summed E-state index contributed by atoms with van der Waals surface area (Å²) in [5, 5.41) is 7.95. The van der Waals surface area contributed by atoms with E-state index >= 15 is 0 Å². The summed E-state index contributed by atoms with van der Waals surface area (Å²) in [4.78, 5) is 23.0. The van der Waals surface area contributed by atoms with Gasteiger partial charge in [0.25, 0.3) is 0 Å². The van der Waals surface area contributed by atoms with Crippen molar-refractivity contribution in [3.8, 4) is 16.9 Å². The number of rotatable bonds is 4. The first-order valence-corrected chi connectivity index (χ1v) is 6.89. The highest BCUT2D eigenvalue weighted by atomic mass is 16.5. The summed E-state index contributed by atoms with van der Waals surface area (Å²) in [6.45, 7) is 0. The van der Waals surface area contributed by atoms with E-state index in [1.807, 2.05) is 30.3 Å². The lowest BCUT2D eigenvalue weighted by Crippen LogP contribution is -2.05. The second-order valence-corrected chi connectivity index (χ2v) is 4.76. The summed E-state index contributed by atoms with van der Waals surface area (Å²) in [6, 6.07) is 16.1. The van der Waals surface area contributed by atoms with Crippen molar-refractivity contribution in [1.82, 2.24) is 15.0 Å². The third-order valence-electron chi connectivity index (χ3n) is 3.37. The Morgan fingerprint density at radius 2 is 1.91 bits per heavy atom. The van der Waals surface area contributed by atoms with E-state index in [2.05, 4.69) is 10.3 Å². The van der Waals surface area contributed by atoms with Gasteiger partial charge in [0.15, 0.2) is 12.0 Å². The summed E-state index contributed by atoms with van der Waals surface area (Å²) < 4.78 is 6.26. The maximum absolute atomic E-state index is 11.7. The highest BCUT2D eigenvalue weighted by molar-refractivity contribution is 5.90. The maximum atomic E-state index is 11.7. The molecule has 0 radical (unpaired) electrons. The molecule has 0 fully saturated rings. The Morgan fingerprint density at radius 1 is 1.13 bits per heavy atom. The van der Waals surface area contributed by atoms with Crippen molar-refractivity contribution in [2.24, 2.45) is 0 Å². The molecular formula is C17H13N3O3. The molecule has 2 aromatic carbocycles. The fourth-order valence-electron chi connectivity index (χ4n) is 2.30. The maximum Gasteiger partial charge on any atom is 0.337 e. The molecule has 6 heteroatoms. The lowest BCUT2D eigenvalue weighted by Gasteiger charge is -2.08. The molecule has 0 aliphatic rings. The zero-order valence-electron chi connectivity index (χ0n) is 12.3. The van der Waals surface area contributed by atoms with Gasteiger partial charge in [0, 0.05) is 5.56 Å². The average Bonchev–Trinajstić information content (AvgIpc) is 3.06. The molecule has 0 atom stereocenters. The second kappa shape index (κ2) is 6.23. The molecule has 0 spiro atoms. The fourth-order valence-corrected chi connectivity index (χ4v) is 2.30. The smallest absolute Gasteiger partial charge is 0.337 e. The van der Waals surface area contributed by atoms with Gasteiger partial charge in [-0.2, -0.15) is 0 Å². The quantitative estimate of drug-likeness (QED) is 0.547. The Labute approximate surface area is 132 Å². The van der Waals surface area contributed by atoms with Crippen LogP contribution in [0.3, 0.4) is 0 Å². The van der Waals surface area contributed by atoms with E-state index in [1.54, 1.807) is 24.3 Å². The van der Waals surface area contributed by atoms with Crippen molar-refractivity contribution in [3.05, 3.63) is 65.9 Å². The molecule has 0 unspecified atom stereocenters. The zero-order chi connectivity index (χ0) is 16.2. The molecule has 1 heterocycles. The molecule has 0 bridgehead atoms. The zero-order valence-corrected chi connectivity index (χ0v) is 12.3. The molecule has 0 aliphatic heterocycles. The van der Waals surface area contributed by atoms with Crippen molar-refractivity contribution >= 4 is 12.3 Å². The monoisotopic (exact) mass is 307 g/mol. The predicted octanol–water partition coefficient (Wildman–Crippen LogP) is 2.53. The normalized spacial score (nSPS) is 10.3. The van der Waals surface area contributed by atoms with Crippen LogP contribution in [0.1, 0.15) is 20.8 Å². The molecule has 0 saturated carbocycles. The van der Waals surface area contributed by atoms with Crippen LogP contribution in [0.25, 0.3) is 16.9 Å². The number of aldehydes is 1. The van der Waals surface area contributed by atoms with Gasteiger partial charge < -0.3 is 4.74 Å². The topological polar surface area (TPSA) is 74.1 Å². The molecule has 6 nitrogen and oxygen atoms in total. The lowest BCUT2D eigenvalue weighted by atomic mass is 10.1. The number of methoxy groups -OCH3 is 1. The summed E-state index contributed by atoms with van der Waals surface area (Å²) >= 11 is 0. The van der Waals surface area contributed by atoms with E-state index in [9.17, 15) is 9.59 Å². The van der Waals surface area contributed by atoms with Gasteiger partial charge in [-0.3, -0.25) is 4.79 Å². The van der Waals surface area contributed by atoms with Crippen molar-refractivity contribution in [1.29, 1.82) is 0 Å². The molecule has 0 amide bonds. The van der Waals surface area contributed by atoms with Crippen molar-refractivity contribution in [2.45, 2.75) is 0 Å². The highest BCUT2D eigenvalue weighted by Gasteiger charge is 2.16.